The van der Waals surface area contributed by atoms with Crippen molar-refractivity contribution in [2.24, 2.45) is 0 Å². The average molecular weight is 299 g/mol. The van der Waals surface area contributed by atoms with Crippen LogP contribution in [0, 0.1) is 0 Å². The number of H-pyrrole nitrogens is 1. The maximum atomic E-state index is 10.5. The molecule has 21 heavy (non-hydrogen) atoms. The van der Waals surface area contributed by atoms with E-state index >= 15 is 0 Å². The van der Waals surface area contributed by atoms with Gasteiger partial charge in [-0.25, -0.2) is 14.6 Å². The molecule has 11 nitrogen and oxygen atoms in total. The Morgan fingerprint density at radius 1 is 1.14 bits per heavy atom. The van der Waals surface area contributed by atoms with Gasteiger partial charge in [0, 0.05) is 13.8 Å². The van der Waals surface area contributed by atoms with Gasteiger partial charge in [-0.15, -0.1) is 0 Å². The van der Waals surface area contributed by atoms with Gasteiger partial charge in [0.2, 0.25) is 5.91 Å². The lowest BCUT2D eigenvalue weighted by molar-refractivity contribution is -0.114. The topological polar surface area (TPSA) is 169 Å². The number of aromatic nitrogens is 2. The molecule has 0 bridgehead atoms. The molecule has 0 aliphatic rings. The van der Waals surface area contributed by atoms with Crippen molar-refractivity contribution in [2.75, 3.05) is 5.32 Å². The van der Waals surface area contributed by atoms with Crippen LogP contribution in [0.2, 0.25) is 0 Å². The van der Waals surface area contributed by atoms with Crippen molar-refractivity contribution in [1.29, 1.82) is 0 Å². The van der Waals surface area contributed by atoms with Crippen LogP contribution in [0.3, 0.4) is 0 Å². The fourth-order valence-electron chi connectivity index (χ4n) is 1.16. The summed E-state index contributed by atoms with van der Waals surface area (Å²) in [5.74, 6) is -2.72. The molecule has 0 unspecified atom stereocenters. The third kappa shape index (κ3) is 3.40. The number of aromatic amines is 1. The van der Waals surface area contributed by atoms with Gasteiger partial charge in [-0.3, -0.25) is 19.2 Å². The first-order valence-electron chi connectivity index (χ1n) is 5.28. The predicted molar refractivity (Wildman–Crippen MR) is 67.2 cm³/mol. The molecule has 1 aromatic carbocycles. The maximum Gasteiger partial charge on any atom is 0.440 e. The molecule has 0 fully saturated rings. The Kier molecular flexibility index (Phi) is 4.38. The molecular formula is C10H9N3O8. The van der Waals surface area contributed by atoms with Crippen molar-refractivity contribution in [2.45, 2.75) is 13.8 Å². The molecule has 0 saturated heterocycles. The Hall–Kier alpha value is -3.24. The standard InChI is InChI=1S/C6H5NO4.C4H4N2O4/c1-2(8)7-3-4(9)6(11)5(3)10;1-2(7)6-3(8)5-4(9)10-6/h9H,1H3,(H,7,8);1H3,(H,5,8,9). The molecule has 0 radical (unpaired) electrons. The van der Waals surface area contributed by atoms with Crippen molar-refractivity contribution >= 4 is 17.5 Å². The van der Waals surface area contributed by atoms with Gasteiger partial charge in [-0.05, 0) is 0 Å². The number of hydrogen-bond acceptors (Lipinski definition) is 8. The van der Waals surface area contributed by atoms with E-state index in [9.17, 15) is 28.8 Å². The Morgan fingerprint density at radius 2 is 1.71 bits per heavy atom. The summed E-state index contributed by atoms with van der Waals surface area (Å²) < 4.78 is 4.47. The first-order valence-corrected chi connectivity index (χ1v) is 5.28. The second-order valence-electron chi connectivity index (χ2n) is 3.69. The molecule has 112 valence electrons. The Labute approximate surface area is 114 Å². The van der Waals surface area contributed by atoms with Gasteiger partial charge in [0.15, 0.2) is 5.75 Å². The number of hydrogen-bond donors (Lipinski definition) is 3. The van der Waals surface area contributed by atoms with E-state index in [0.717, 1.165) is 6.92 Å². The van der Waals surface area contributed by atoms with Crippen molar-refractivity contribution in [3.63, 3.8) is 0 Å². The number of anilines is 1. The van der Waals surface area contributed by atoms with E-state index in [0.29, 0.717) is 4.74 Å². The second-order valence-corrected chi connectivity index (χ2v) is 3.69. The monoisotopic (exact) mass is 299 g/mol. The summed E-state index contributed by atoms with van der Waals surface area (Å²) in [5.41, 5.74) is -2.95. The SMILES string of the molecule is CC(=O)Nc1c(O)c(=O)c1=O.CC(=O)n1oc(=O)[nH]c1=O. The third-order valence-electron chi connectivity index (χ3n) is 2.04. The first-order chi connectivity index (χ1) is 9.65. The molecule has 3 N–H and O–H groups in total. The molecule has 11 heteroatoms. The van der Waals surface area contributed by atoms with Gasteiger partial charge in [0.25, 0.3) is 16.8 Å². The minimum absolute atomic E-state index is 0.303. The van der Waals surface area contributed by atoms with Gasteiger partial charge in [-0.1, -0.05) is 4.74 Å². The first kappa shape index (κ1) is 15.8. The van der Waals surface area contributed by atoms with Crippen LogP contribution in [0.4, 0.5) is 5.69 Å². The Morgan fingerprint density at radius 3 is 2.00 bits per heavy atom. The van der Waals surface area contributed by atoms with Crippen LogP contribution in [0.25, 0.3) is 0 Å². The number of carbonyl (C=O) groups is 2. The molecule has 0 aliphatic carbocycles. The number of rotatable bonds is 1. The van der Waals surface area contributed by atoms with Crippen molar-refractivity contribution in [3.8, 4) is 5.75 Å². The number of nitrogens with one attached hydrogen (secondary N) is 2. The number of amides is 1. The van der Waals surface area contributed by atoms with Crippen LogP contribution in [0.1, 0.15) is 18.6 Å². The Balaban J connectivity index is 0.000000211. The van der Waals surface area contributed by atoms with E-state index < -0.39 is 39.9 Å². The van der Waals surface area contributed by atoms with Crippen LogP contribution in [-0.2, 0) is 4.79 Å². The molecule has 0 atom stereocenters. The molecule has 0 saturated carbocycles. The minimum Gasteiger partial charge on any atom is -0.502 e. The van der Waals surface area contributed by atoms with E-state index in [1.54, 1.807) is 4.98 Å². The summed E-state index contributed by atoms with van der Waals surface area (Å²) in [6.07, 6.45) is 0. The number of aromatic hydroxyl groups is 1. The van der Waals surface area contributed by atoms with E-state index in [2.05, 4.69) is 4.52 Å². The van der Waals surface area contributed by atoms with Gasteiger partial charge in [-0.2, -0.15) is 0 Å². The normalized spacial score (nSPS) is 9.81. The van der Waals surface area contributed by atoms with Crippen LogP contribution in [0.15, 0.2) is 23.7 Å². The second kappa shape index (κ2) is 5.81. The van der Waals surface area contributed by atoms with Gasteiger partial charge >= 0.3 is 11.4 Å². The zero-order chi connectivity index (χ0) is 16.3. The molecule has 1 amide bonds. The molecule has 0 spiro atoms. The lowest BCUT2D eigenvalue weighted by Crippen LogP contribution is -2.34. The summed E-state index contributed by atoms with van der Waals surface area (Å²) in [6.45, 7) is 2.29. The quantitative estimate of drug-likeness (QED) is 0.495. The highest BCUT2D eigenvalue weighted by molar-refractivity contribution is 5.91. The van der Waals surface area contributed by atoms with Crippen LogP contribution < -0.4 is 27.6 Å². The van der Waals surface area contributed by atoms with Crippen molar-refractivity contribution in [3.05, 3.63) is 41.5 Å². The highest BCUT2D eigenvalue weighted by Crippen LogP contribution is 2.13. The van der Waals surface area contributed by atoms with E-state index in [4.69, 9.17) is 5.11 Å². The molecular weight excluding hydrogens is 290 g/mol. The van der Waals surface area contributed by atoms with Gasteiger partial charge < -0.3 is 14.9 Å². The van der Waals surface area contributed by atoms with E-state index in [1.165, 1.54) is 6.92 Å². The molecule has 1 heterocycles. The Bertz CT molecular complexity index is 873. The molecule has 0 aliphatic heterocycles. The summed E-state index contributed by atoms with van der Waals surface area (Å²) in [7, 11) is 0. The van der Waals surface area contributed by atoms with Crippen LogP contribution in [0.5, 0.6) is 5.75 Å². The van der Waals surface area contributed by atoms with E-state index in [-0.39, 0.29) is 5.69 Å². The lowest BCUT2D eigenvalue weighted by Gasteiger charge is -2.03. The fraction of sp³-hybridized carbons (Fsp3) is 0.200. The zero-order valence-corrected chi connectivity index (χ0v) is 10.8. The highest BCUT2D eigenvalue weighted by Gasteiger charge is 2.20. The minimum atomic E-state index is -0.950. The largest absolute Gasteiger partial charge is 0.502 e. The summed E-state index contributed by atoms with van der Waals surface area (Å²) in [5, 5.41) is 10.7. The van der Waals surface area contributed by atoms with Gasteiger partial charge in [0.05, 0.1) is 0 Å². The summed E-state index contributed by atoms with van der Waals surface area (Å²) in [6, 6.07) is 0. The molecule has 1 aromatic heterocycles. The van der Waals surface area contributed by atoms with Crippen LogP contribution in [-0.4, -0.2) is 26.6 Å². The fourth-order valence-corrected chi connectivity index (χ4v) is 1.16. The number of carbonyl (C=O) groups excluding carboxylic acids is 2. The van der Waals surface area contributed by atoms with Crippen molar-refractivity contribution in [1.82, 2.24) is 9.72 Å². The number of nitrogens with zero attached hydrogens (tertiary/aromatic N) is 1. The molecule has 2 rings (SSSR count). The highest BCUT2D eigenvalue weighted by atomic mass is 16.5. The van der Waals surface area contributed by atoms with Crippen molar-refractivity contribution < 1.29 is 19.2 Å². The third-order valence-corrected chi connectivity index (χ3v) is 2.04. The predicted octanol–water partition coefficient (Wildman–Crippen LogP) is -2.26. The summed E-state index contributed by atoms with van der Waals surface area (Å²) in [4.78, 5) is 64.0. The zero-order valence-electron chi connectivity index (χ0n) is 10.8. The average Bonchev–Trinajstić information content (AvgIpc) is 2.74. The van der Waals surface area contributed by atoms with Crippen LogP contribution >= 0.6 is 0 Å². The summed E-state index contributed by atoms with van der Waals surface area (Å²) >= 11 is 0. The van der Waals surface area contributed by atoms with Gasteiger partial charge in [0.1, 0.15) is 5.69 Å². The maximum absolute atomic E-state index is 10.5. The molecule has 2 aromatic rings. The smallest absolute Gasteiger partial charge is 0.440 e. The lowest BCUT2D eigenvalue weighted by atomic mass is 10.2. The van der Waals surface area contributed by atoms with E-state index in [1.807, 2.05) is 5.32 Å².